The zero-order chi connectivity index (χ0) is 20.6. The van der Waals surface area contributed by atoms with Gasteiger partial charge in [-0.1, -0.05) is 30.7 Å². The van der Waals surface area contributed by atoms with Crippen LogP contribution < -0.4 is 10.2 Å². The van der Waals surface area contributed by atoms with Gasteiger partial charge in [-0.2, -0.15) is 0 Å². The van der Waals surface area contributed by atoms with E-state index >= 15 is 0 Å². The van der Waals surface area contributed by atoms with Crippen LogP contribution in [-0.4, -0.2) is 99.7 Å². The maximum atomic E-state index is 6.38. The molecule has 2 aliphatic heterocycles. The summed E-state index contributed by atoms with van der Waals surface area (Å²) in [5.41, 5.74) is 1.14. The first-order chi connectivity index (χ1) is 14.1. The van der Waals surface area contributed by atoms with Gasteiger partial charge in [0, 0.05) is 72.0 Å². The summed E-state index contributed by atoms with van der Waals surface area (Å²) in [4.78, 5) is 14.7. The smallest absolute Gasteiger partial charge is 0.194 e. The van der Waals surface area contributed by atoms with Crippen LogP contribution in [0, 0.1) is 5.92 Å². The lowest BCUT2D eigenvalue weighted by molar-refractivity contribution is 0.140. The molecule has 1 N–H and O–H groups in total. The molecule has 0 aromatic heterocycles. The molecule has 0 amide bonds. The molecule has 0 spiro atoms. The number of nitrogens with zero attached hydrogens (tertiary/aromatic N) is 5. The number of anilines is 1. The van der Waals surface area contributed by atoms with Crippen molar-refractivity contribution in [1.29, 1.82) is 0 Å². The van der Waals surface area contributed by atoms with Crippen molar-refractivity contribution in [3.63, 3.8) is 0 Å². The molecule has 0 radical (unpaired) electrons. The van der Waals surface area contributed by atoms with Gasteiger partial charge in [0.05, 0.1) is 10.7 Å². The average molecular weight is 421 g/mol. The summed E-state index contributed by atoms with van der Waals surface area (Å²) >= 11 is 6.38. The second-order valence-corrected chi connectivity index (χ2v) is 8.74. The van der Waals surface area contributed by atoms with Crippen molar-refractivity contribution in [3.8, 4) is 0 Å². The van der Waals surface area contributed by atoms with Crippen molar-refractivity contribution < 1.29 is 0 Å². The second-order valence-electron chi connectivity index (χ2n) is 8.33. The van der Waals surface area contributed by atoms with E-state index in [-0.39, 0.29) is 0 Å². The van der Waals surface area contributed by atoms with E-state index in [2.05, 4.69) is 57.9 Å². The number of para-hydroxylation sites is 1. The fourth-order valence-electron chi connectivity index (χ4n) is 4.06. The summed E-state index contributed by atoms with van der Waals surface area (Å²) in [6.07, 6.45) is 0. The summed E-state index contributed by atoms with van der Waals surface area (Å²) in [6.45, 7) is 15.9. The van der Waals surface area contributed by atoms with Gasteiger partial charge in [-0.25, -0.2) is 0 Å². The molecule has 6 nitrogen and oxygen atoms in total. The minimum atomic E-state index is 0.566. The average Bonchev–Trinajstić information content (AvgIpc) is 2.73. The van der Waals surface area contributed by atoms with E-state index in [4.69, 9.17) is 16.6 Å². The van der Waals surface area contributed by atoms with E-state index in [0.717, 1.165) is 62.5 Å². The van der Waals surface area contributed by atoms with Crippen molar-refractivity contribution in [3.05, 3.63) is 29.3 Å². The van der Waals surface area contributed by atoms with Crippen molar-refractivity contribution in [2.45, 2.75) is 13.8 Å². The molecule has 2 heterocycles. The van der Waals surface area contributed by atoms with Crippen LogP contribution in [0.25, 0.3) is 0 Å². The van der Waals surface area contributed by atoms with Gasteiger partial charge in [0.25, 0.3) is 0 Å². The Kier molecular flexibility index (Phi) is 8.45. The molecule has 162 valence electrons. The molecule has 1 aromatic rings. The quantitative estimate of drug-likeness (QED) is 0.564. The predicted molar refractivity (Wildman–Crippen MR) is 124 cm³/mol. The lowest BCUT2D eigenvalue weighted by atomic mass is 10.1. The van der Waals surface area contributed by atoms with Crippen molar-refractivity contribution in [2.75, 3.05) is 83.9 Å². The van der Waals surface area contributed by atoms with Crippen molar-refractivity contribution in [1.82, 2.24) is 20.0 Å². The molecular weight excluding hydrogens is 384 g/mol. The number of guanidine groups is 1. The van der Waals surface area contributed by atoms with Gasteiger partial charge >= 0.3 is 0 Å². The maximum Gasteiger partial charge on any atom is 0.194 e. The number of nitrogens with one attached hydrogen (secondary N) is 1. The molecule has 0 aliphatic carbocycles. The predicted octanol–water partition coefficient (Wildman–Crippen LogP) is 2.31. The molecule has 3 rings (SSSR count). The Morgan fingerprint density at radius 2 is 1.76 bits per heavy atom. The van der Waals surface area contributed by atoms with Gasteiger partial charge in [0.1, 0.15) is 0 Å². The number of rotatable bonds is 6. The molecule has 1 unspecified atom stereocenters. The fourth-order valence-corrected chi connectivity index (χ4v) is 4.32. The first kappa shape index (κ1) is 22.2. The van der Waals surface area contributed by atoms with Crippen LogP contribution in [0.5, 0.6) is 0 Å². The van der Waals surface area contributed by atoms with E-state index < -0.39 is 0 Å². The van der Waals surface area contributed by atoms with Gasteiger partial charge < -0.3 is 24.9 Å². The largest absolute Gasteiger partial charge is 0.367 e. The summed E-state index contributed by atoms with van der Waals surface area (Å²) in [5, 5.41) is 4.33. The van der Waals surface area contributed by atoms with Gasteiger partial charge in [-0.15, -0.1) is 0 Å². The Morgan fingerprint density at radius 3 is 2.41 bits per heavy atom. The third-order valence-corrected chi connectivity index (χ3v) is 6.15. The number of benzene rings is 1. The van der Waals surface area contributed by atoms with E-state index in [0.29, 0.717) is 5.92 Å². The third-order valence-electron chi connectivity index (χ3n) is 5.83. The van der Waals surface area contributed by atoms with Crippen LogP contribution in [0.1, 0.15) is 13.8 Å². The van der Waals surface area contributed by atoms with Crippen molar-refractivity contribution >= 4 is 23.2 Å². The molecule has 2 saturated heterocycles. The molecule has 1 aromatic carbocycles. The highest BCUT2D eigenvalue weighted by Gasteiger charge is 2.21. The topological polar surface area (TPSA) is 37.4 Å². The van der Waals surface area contributed by atoms with Crippen molar-refractivity contribution in [2.24, 2.45) is 10.9 Å². The third kappa shape index (κ3) is 6.49. The first-order valence-corrected chi connectivity index (χ1v) is 11.4. The SMILES string of the molecule is CCNC(=NCC(C)CN1CCN(C)CC1)N1CCN(c2ccccc2Cl)CC1. The molecule has 0 saturated carbocycles. The van der Waals surface area contributed by atoms with Gasteiger partial charge in [-0.3, -0.25) is 4.99 Å². The van der Waals surface area contributed by atoms with Gasteiger partial charge in [0.15, 0.2) is 5.96 Å². The highest BCUT2D eigenvalue weighted by molar-refractivity contribution is 6.33. The molecule has 2 fully saturated rings. The van der Waals surface area contributed by atoms with E-state index in [1.807, 2.05) is 12.1 Å². The molecule has 2 aliphatic rings. The Hall–Kier alpha value is -1.50. The number of piperazine rings is 2. The lowest BCUT2D eigenvalue weighted by Gasteiger charge is -2.38. The zero-order valence-electron chi connectivity index (χ0n) is 18.3. The summed E-state index contributed by atoms with van der Waals surface area (Å²) in [5.74, 6) is 1.62. The lowest BCUT2D eigenvalue weighted by Crippen LogP contribution is -2.52. The molecule has 7 heteroatoms. The Balaban J connectivity index is 1.51. The first-order valence-electron chi connectivity index (χ1n) is 11.0. The number of likely N-dealkylation sites (N-methyl/N-ethyl adjacent to an activating group) is 1. The maximum absolute atomic E-state index is 6.38. The monoisotopic (exact) mass is 420 g/mol. The minimum absolute atomic E-state index is 0.566. The summed E-state index contributed by atoms with van der Waals surface area (Å²) in [6, 6.07) is 8.12. The van der Waals surface area contributed by atoms with Gasteiger partial charge in [-0.05, 0) is 32.0 Å². The minimum Gasteiger partial charge on any atom is -0.367 e. The van der Waals surface area contributed by atoms with Crippen LogP contribution >= 0.6 is 11.6 Å². The summed E-state index contributed by atoms with van der Waals surface area (Å²) < 4.78 is 0. The highest BCUT2D eigenvalue weighted by atomic mass is 35.5. The highest BCUT2D eigenvalue weighted by Crippen LogP contribution is 2.26. The van der Waals surface area contributed by atoms with E-state index in [1.165, 1.54) is 26.2 Å². The van der Waals surface area contributed by atoms with Crippen LogP contribution in [0.2, 0.25) is 5.02 Å². The Bertz CT molecular complexity index is 650. The van der Waals surface area contributed by atoms with E-state index in [1.54, 1.807) is 0 Å². The number of aliphatic imine (C=N–C) groups is 1. The zero-order valence-corrected chi connectivity index (χ0v) is 19.0. The number of hydrogen-bond donors (Lipinski definition) is 1. The fraction of sp³-hybridized carbons (Fsp3) is 0.682. The molecule has 0 bridgehead atoms. The van der Waals surface area contributed by atoms with E-state index in [9.17, 15) is 0 Å². The number of halogens is 1. The normalized spacial score (nSPS) is 20.8. The van der Waals surface area contributed by atoms with Crippen LogP contribution in [0.3, 0.4) is 0 Å². The second kappa shape index (κ2) is 11.0. The summed E-state index contributed by atoms with van der Waals surface area (Å²) in [7, 11) is 2.21. The Morgan fingerprint density at radius 1 is 1.07 bits per heavy atom. The van der Waals surface area contributed by atoms with Gasteiger partial charge in [0.2, 0.25) is 0 Å². The van der Waals surface area contributed by atoms with Crippen LogP contribution in [0.4, 0.5) is 5.69 Å². The molecular formula is C22H37ClN6. The Labute approximate surface area is 181 Å². The molecule has 29 heavy (non-hydrogen) atoms. The molecule has 1 atom stereocenters. The standard InChI is InChI=1S/C22H37ClN6/c1-4-24-22(25-17-19(2)18-27-11-9-26(3)10-12-27)29-15-13-28(14-16-29)21-8-6-5-7-20(21)23/h5-8,19H,4,9-18H2,1-3H3,(H,24,25). The number of hydrogen-bond acceptors (Lipinski definition) is 4. The van der Waals surface area contributed by atoms with Crippen LogP contribution in [-0.2, 0) is 0 Å². The van der Waals surface area contributed by atoms with Crippen LogP contribution in [0.15, 0.2) is 29.3 Å².